The van der Waals surface area contributed by atoms with Crippen molar-refractivity contribution in [1.82, 2.24) is 10.2 Å². The second-order valence-corrected chi connectivity index (χ2v) is 5.36. The summed E-state index contributed by atoms with van der Waals surface area (Å²) in [5, 5.41) is 12.8. The number of fused-ring (bicyclic) bond motifs is 2. The topological polar surface area (TPSA) is 85.2 Å². The molecule has 0 aliphatic carbocycles. The lowest BCUT2D eigenvalue weighted by Gasteiger charge is -2.44. The Bertz CT molecular complexity index is 791. The van der Waals surface area contributed by atoms with Crippen molar-refractivity contribution in [1.29, 1.82) is 0 Å². The Hall–Kier alpha value is -2.62. The van der Waals surface area contributed by atoms with Gasteiger partial charge in [0.2, 0.25) is 0 Å². The van der Waals surface area contributed by atoms with Gasteiger partial charge in [-0.3, -0.25) is 15.0 Å². The molecule has 2 N–H and O–H groups in total. The molecule has 3 amide bonds. The fraction of sp³-hybridized carbons (Fsp3) is 0.308. The number of anilines is 1. The maximum Gasteiger partial charge on any atom is 0.416 e. The van der Waals surface area contributed by atoms with Crippen LogP contribution in [-0.2, 0) is 11.0 Å². The molecule has 1 unspecified atom stereocenters. The molecule has 1 aromatic carbocycles. The number of halogens is 3. The number of alkyl halides is 3. The fourth-order valence-corrected chi connectivity index (χ4v) is 3.08. The van der Waals surface area contributed by atoms with Crippen molar-refractivity contribution in [3.63, 3.8) is 0 Å². The molecule has 0 radical (unpaired) electrons. The summed E-state index contributed by atoms with van der Waals surface area (Å²) < 4.78 is 38.5. The monoisotopic (exact) mass is 326 g/mol. The first-order valence-corrected chi connectivity index (χ1v) is 6.66. The highest BCUT2D eigenvalue weighted by Crippen LogP contribution is 2.45. The number of carbonyl (C=O) groups excluding carboxylic acids is 2. The van der Waals surface area contributed by atoms with Crippen LogP contribution in [0.4, 0.5) is 29.3 Å². The molecule has 0 saturated carbocycles. The predicted molar refractivity (Wildman–Crippen MR) is 71.1 cm³/mol. The average molecular weight is 326 g/mol. The van der Waals surface area contributed by atoms with Gasteiger partial charge in [0.05, 0.1) is 16.9 Å². The SMILES string of the molecule is O=C1NC(=O)N2CCN3c4ccc(C(F)(F)F)cc4N=C1C23O. The van der Waals surface area contributed by atoms with Crippen LogP contribution in [0, 0.1) is 0 Å². The number of hydrogen-bond donors (Lipinski definition) is 2. The smallest absolute Gasteiger partial charge is 0.349 e. The molecule has 4 rings (SSSR count). The first-order chi connectivity index (χ1) is 10.7. The molecule has 23 heavy (non-hydrogen) atoms. The number of nitrogens with one attached hydrogen (secondary N) is 1. The number of carbonyl (C=O) groups is 2. The summed E-state index contributed by atoms with van der Waals surface area (Å²) in [7, 11) is 0. The highest BCUT2D eigenvalue weighted by molar-refractivity contribution is 6.47. The Morgan fingerprint density at radius 3 is 2.61 bits per heavy atom. The molecule has 10 heteroatoms. The Morgan fingerprint density at radius 2 is 1.91 bits per heavy atom. The van der Waals surface area contributed by atoms with Crippen LogP contribution in [0.5, 0.6) is 0 Å². The van der Waals surface area contributed by atoms with Gasteiger partial charge >= 0.3 is 12.2 Å². The normalized spacial score (nSPS) is 25.8. The molecule has 2 fully saturated rings. The molecule has 0 spiro atoms. The summed E-state index contributed by atoms with van der Waals surface area (Å²) >= 11 is 0. The number of imide groups is 1. The van der Waals surface area contributed by atoms with Gasteiger partial charge in [-0.15, -0.1) is 0 Å². The predicted octanol–water partition coefficient (Wildman–Crippen LogP) is 0.809. The summed E-state index contributed by atoms with van der Waals surface area (Å²) in [5.74, 6) is -2.99. The van der Waals surface area contributed by atoms with E-state index in [-0.39, 0.29) is 24.5 Å². The minimum atomic E-state index is -4.55. The van der Waals surface area contributed by atoms with Crippen LogP contribution in [0.1, 0.15) is 5.56 Å². The van der Waals surface area contributed by atoms with E-state index in [0.29, 0.717) is 0 Å². The first kappa shape index (κ1) is 14.0. The van der Waals surface area contributed by atoms with E-state index in [0.717, 1.165) is 17.0 Å². The van der Waals surface area contributed by atoms with Gasteiger partial charge in [0.15, 0.2) is 5.71 Å². The van der Waals surface area contributed by atoms with Gasteiger partial charge in [-0.25, -0.2) is 9.79 Å². The second kappa shape index (κ2) is 4.02. The van der Waals surface area contributed by atoms with Crippen molar-refractivity contribution in [2.24, 2.45) is 4.99 Å². The summed E-state index contributed by atoms with van der Waals surface area (Å²) in [5.41, 5.74) is -1.17. The Kier molecular flexibility index (Phi) is 2.44. The number of urea groups is 1. The van der Waals surface area contributed by atoms with Gasteiger partial charge < -0.3 is 10.0 Å². The number of rotatable bonds is 0. The van der Waals surface area contributed by atoms with E-state index in [4.69, 9.17) is 0 Å². The van der Waals surface area contributed by atoms with Crippen molar-refractivity contribution < 1.29 is 27.9 Å². The van der Waals surface area contributed by atoms with Crippen LogP contribution in [0.15, 0.2) is 23.2 Å². The summed E-state index contributed by atoms with van der Waals surface area (Å²) in [6.45, 7) is 0.268. The number of hydrogen-bond acceptors (Lipinski definition) is 5. The van der Waals surface area contributed by atoms with Crippen LogP contribution >= 0.6 is 0 Å². The lowest BCUT2D eigenvalue weighted by molar-refractivity contribution is -0.137. The van der Waals surface area contributed by atoms with E-state index >= 15 is 0 Å². The number of amides is 3. The standard InChI is InChI=1S/C13H9F3N4O3/c14-12(15,16)6-1-2-8-7(5-6)17-9-10(21)18-11(22)20-4-3-19(8)13(9,20)23/h1-2,5,23H,3-4H2,(H,18,21,22). The van der Waals surface area contributed by atoms with E-state index in [1.54, 1.807) is 0 Å². The Labute approximate surface area is 127 Å². The number of nitrogens with zero attached hydrogens (tertiary/aromatic N) is 3. The number of aliphatic imine (C=N–C) groups is 1. The molecule has 0 bridgehead atoms. The molecule has 2 saturated heterocycles. The molecule has 120 valence electrons. The summed E-state index contributed by atoms with van der Waals surface area (Å²) in [6, 6.07) is 2.09. The third-order valence-corrected chi connectivity index (χ3v) is 4.12. The van der Waals surface area contributed by atoms with Gasteiger partial charge in [-0.1, -0.05) is 0 Å². The largest absolute Gasteiger partial charge is 0.416 e. The third-order valence-electron chi connectivity index (χ3n) is 4.12. The zero-order valence-corrected chi connectivity index (χ0v) is 11.4. The molecule has 7 nitrogen and oxygen atoms in total. The van der Waals surface area contributed by atoms with Crippen LogP contribution < -0.4 is 10.2 Å². The van der Waals surface area contributed by atoms with Gasteiger partial charge in [-0.05, 0) is 18.2 Å². The molecular formula is C13H9F3N4O3. The van der Waals surface area contributed by atoms with Crippen LogP contribution in [-0.4, -0.2) is 46.6 Å². The maximum atomic E-state index is 12.8. The van der Waals surface area contributed by atoms with Crippen molar-refractivity contribution in [2.45, 2.75) is 12.0 Å². The second-order valence-electron chi connectivity index (χ2n) is 5.36. The zero-order valence-electron chi connectivity index (χ0n) is 11.4. The number of aliphatic hydroxyl groups is 1. The lowest BCUT2D eigenvalue weighted by Crippen LogP contribution is -2.71. The van der Waals surface area contributed by atoms with Crippen LogP contribution in [0.2, 0.25) is 0 Å². The maximum absolute atomic E-state index is 12.8. The van der Waals surface area contributed by atoms with Crippen molar-refractivity contribution in [3.8, 4) is 0 Å². The highest BCUT2D eigenvalue weighted by atomic mass is 19.4. The fourth-order valence-electron chi connectivity index (χ4n) is 3.08. The Morgan fingerprint density at radius 1 is 1.22 bits per heavy atom. The third kappa shape index (κ3) is 1.66. The molecule has 1 aromatic rings. The van der Waals surface area contributed by atoms with Gasteiger partial charge in [-0.2, -0.15) is 13.2 Å². The van der Waals surface area contributed by atoms with Crippen LogP contribution in [0.25, 0.3) is 0 Å². The van der Waals surface area contributed by atoms with Crippen molar-refractivity contribution >= 4 is 29.0 Å². The minimum Gasteiger partial charge on any atom is -0.349 e. The van der Waals surface area contributed by atoms with Gasteiger partial charge in [0.1, 0.15) is 0 Å². The molecule has 3 aliphatic heterocycles. The van der Waals surface area contributed by atoms with Gasteiger partial charge in [0.25, 0.3) is 11.8 Å². The molecule has 3 heterocycles. The zero-order chi connectivity index (χ0) is 16.6. The highest BCUT2D eigenvalue weighted by Gasteiger charge is 2.60. The van der Waals surface area contributed by atoms with E-state index in [2.05, 4.69) is 4.99 Å². The van der Waals surface area contributed by atoms with Crippen molar-refractivity contribution in [2.75, 3.05) is 18.0 Å². The Balaban J connectivity index is 1.93. The quantitative estimate of drug-likeness (QED) is 0.739. The summed E-state index contributed by atoms with van der Waals surface area (Å²) in [4.78, 5) is 30.0. The van der Waals surface area contributed by atoms with Crippen molar-refractivity contribution in [3.05, 3.63) is 23.8 Å². The minimum absolute atomic E-state index is 0.0779. The summed E-state index contributed by atoms with van der Waals surface area (Å²) in [6.07, 6.45) is -4.55. The first-order valence-electron chi connectivity index (χ1n) is 6.66. The molecule has 0 aromatic heterocycles. The molecule has 3 aliphatic rings. The van der Waals surface area contributed by atoms with E-state index in [1.165, 1.54) is 11.0 Å². The van der Waals surface area contributed by atoms with Gasteiger partial charge in [0, 0.05) is 13.1 Å². The van der Waals surface area contributed by atoms with E-state index in [9.17, 15) is 27.9 Å². The molecule has 1 atom stereocenters. The lowest BCUT2D eigenvalue weighted by atomic mass is 10.0. The number of benzene rings is 1. The van der Waals surface area contributed by atoms with E-state index < -0.39 is 35.2 Å². The average Bonchev–Trinajstić information content (AvgIpc) is 2.82. The molecular weight excluding hydrogens is 317 g/mol. The van der Waals surface area contributed by atoms with E-state index in [1.807, 2.05) is 5.32 Å². The van der Waals surface area contributed by atoms with Crippen LogP contribution in [0.3, 0.4) is 0 Å².